The van der Waals surface area contributed by atoms with Crippen LogP contribution in [0.5, 0.6) is 0 Å². The number of rotatable bonds is 12. The highest BCUT2D eigenvalue weighted by Crippen LogP contribution is 2.42. The fourth-order valence-electron chi connectivity index (χ4n) is 6.93. The lowest BCUT2D eigenvalue weighted by atomic mass is 9.79. The SMILES string of the molecule is CNC1=CCC(S(=O)(=O)O)C2=C1C(O)C(N=NC1CC(Nc3nc(Cl)nc(NC4CCC(S(=O)(=O)O)=CC4S(=O)(=O)O)n3)=CCC1S(=O)(=O)O)C(S(=O)(=O)O)C2. The van der Waals surface area contributed by atoms with E-state index < -0.39 is 125 Å². The minimum Gasteiger partial charge on any atom is -0.388 e. The highest BCUT2D eigenvalue weighted by Gasteiger charge is 2.49. The van der Waals surface area contributed by atoms with Crippen LogP contribution in [0.4, 0.5) is 11.9 Å². The lowest BCUT2D eigenvalue weighted by Crippen LogP contribution is -2.49. The van der Waals surface area contributed by atoms with Gasteiger partial charge >= 0.3 is 0 Å². The molecule has 4 aliphatic carbocycles. The summed E-state index contributed by atoms with van der Waals surface area (Å²) in [6.07, 6.45) is -1.09. The molecule has 1 aromatic rings. The summed E-state index contributed by atoms with van der Waals surface area (Å²) in [6, 6.07) is -4.60. The monoisotopic (exact) mass is 910 g/mol. The van der Waals surface area contributed by atoms with Gasteiger partial charge in [-0.15, -0.1) is 0 Å². The fraction of sp³-hybridized carbons (Fsp3) is 0.577. The van der Waals surface area contributed by atoms with Crippen LogP contribution in [-0.4, -0.2) is 137 Å². The van der Waals surface area contributed by atoms with E-state index in [1.54, 1.807) is 0 Å². The first-order valence-corrected chi connectivity index (χ1v) is 23.9. The summed E-state index contributed by atoms with van der Waals surface area (Å²) in [7, 11) is -23.1. The third-order valence-electron chi connectivity index (χ3n) is 9.50. The Hall–Kier alpha value is -3.23. The van der Waals surface area contributed by atoms with Crippen LogP contribution in [0.2, 0.25) is 5.28 Å². The van der Waals surface area contributed by atoms with E-state index in [0.717, 1.165) is 0 Å². The molecule has 5 rings (SSSR count). The van der Waals surface area contributed by atoms with Gasteiger partial charge in [0.05, 0.1) is 17.0 Å². The number of nitrogens with zero attached hydrogens (tertiary/aromatic N) is 5. The van der Waals surface area contributed by atoms with Gasteiger partial charge < -0.3 is 21.1 Å². The summed E-state index contributed by atoms with van der Waals surface area (Å²) >= 11 is 6.06. The highest BCUT2D eigenvalue weighted by molar-refractivity contribution is 7.90. The molecule has 9 N–H and O–H groups in total. The second-order valence-corrected chi connectivity index (χ2v) is 21.3. The fourth-order valence-corrected chi connectivity index (χ4v) is 11.6. The van der Waals surface area contributed by atoms with Crippen LogP contribution in [0.3, 0.4) is 0 Å². The second kappa shape index (κ2) is 15.8. The molecule has 8 unspecified atom stereocenters. The summed E-state index contributed by atoms with van der Waals surface area (Å²) < 4.78 is 171. The van der Waals surface area contributed by atoms with Gasteiger partial charge in [0.1, 0.15) is 33.1 Å². The van der Waals surface area contributed by atoms with Crippen molar-refractivity contribution in [1.29, 1.82) is 0 Å². The average molecular weight is 911 g/mol. The number of nitrogens with one attached hydrogen (secondary N) is 3. The van der Waals surface area contributed by atoms with E-state index in [1.165, 1.54) is 19.2 Å². The zero-order valence-corrected chi connectivity index (χ0v) is 33.4. The molecule has 4 aliphatic rings. The van der Waals surface area contributed by atoms with Gasteiger partial charge in [-0.25, -0.2) is 0 Å². The number of aliphatic hydroxyl groups is 1. The first kappa shape index (κ1) is 43.9. The topological polar surface area (TPSA) is 392 Å². The van der Waals surface area contributed by atoms with Gasteiger partial charge in [0.15, 0.2) is 0 Å². The molecule has 0 bridgehead atoms. The second-order valence-electron chi connectivity index (χ2n) is 13.0. The largest absolute Gasteiger partial charge is 0.388 e. The van der Waals surface area contributed by atoms with E-state index in [2.05, 4.69) is 41.1 Å². The van der Waals surface area contributed by atoms with Crippen molar-refractivity contribution < 1.29 is 70.0 Å². The maximum absolute atomic E-state index is 12.6. The van der Waals surface area contributed by atoms with Crippen LogP contribution in [0, 0.1) is 0 Å². The Morgan fingerprint density at radius 1 is 0.786 bits per heavy atom. The number of anilines is 2. The lowest BCUT2D eigenvalue weighted by molar-refractivity contribution is 0.161. The molecule has 30 heteroatoms. The molecule has 1 heterocycles. The van der Waals surface area contributed by atoms with Crippen molar-refractivity contribution in [2.75, 3.05) is 17.7 Å². The van der Waals surface area contributed by atoms with Crippen molar-refractivity contribution in [3.8, 4) is 0 Å². The molecule has 0 saturated heterocycles. The molecule has 0 fully saturated rings. The predicted octanol–water partition coefficient (Wildman–Crippen LogP) is -0.256. The Kier molecular flexibility index (Phi) is 12.4. The van der Waals surface area contributed by atoms with E-state index in [1.807, 2.05) is 0 Å². The van der Waals surface area contributed by atoms with Gasteiger partial charge in [-0.2, -0.15) is 67.3 Å². The lowest BCUT2D eigenvalue weighted by Gasteiger charge is -2.39. The van der Waals surface area contributed by atoms with Crippen molar-refractivity contribution in [1.82, 2.24) is 20.3 Å². The van der Waals surface area contributed by atoms with Crippen LogP contribution >= 0.6 is 11.6 Å². The smallest absolute Gasteiger partial charge is 0.290 e. The first-order chi connectivity index (χ1) is 25.7. The molecule has 0 aliphatic heterocycles. The van der Waals surface area contributed by atoms with Crippen LogP contribution in [-0.2, 0) is 50.6 Å². The predicted molar refractivity (Wildman–Crippen MR) is 195 cm³/mol. The number of halogens is 1. The summed E-state index contributed by atoms with van der Waals surface area (Å²) in [5, 5.41) is 19.7. The summed E-state index contributed by atoms with van der Waals surface area (Å²) in [5.74, 6) is -0.692. The van der Waals surface area contributed by atoms with Crippen LogP contribution in [0.1, 0.15) is 38.5 Å². The molecule has 0 amide bonds. The Morgan fingerprint density at radius 2 is 1.43 bits per heavy atom. The maximum Gasteiger partial charge on any atom is 0.290 e. The molecule has 24 nitrogen and oxygen atoms in total. The third kappa shape index (κ3) is 9.89. The van der Waals surface area contributed by atoms with Crippen molar-refractivity contribution in [3.05, 3.63) is 51.0 Å². The van der Waals surface area contributed by atoms with E-state index >= 15 is 0 Å². The number of azo groups is 1. The third-order valence-corrected chi connectivity index (χ3v) is 15.5. The highest BCUT2D eigenvalue weighted by atomic mass is 35.5. The van der Waals surface area contributed by atoms with E-state index in [4.69, 9.17) is 11.6 Å². The van der Waals surface area contributed by atoms with E-state index in [0.29, 0.717) is 6.08 Å². The van der Waals surface area contributed by atoms with Crippen LogP contribution in [0.15, 0.2) is 55.9 Å². The van der Waals surface area contributed by atoms with Gasteiger partial charge in [0.25, 0.3) is 50.6 Å². The van der Waals surface area contributed by atoms with Crippen LogP contribution in [0.25, 0.3) is 0 Å². The van der Waals surface area contributed by atoms with Gasteiger partial charge in [-0.3, -0.25) is 22.8 Å². The van der Waals surface area contributed by atoms with Gasteiger partial charge in [0.2, 0.25) is 17.2 Å². The average Bonchev–Trinajstić information content (AvgIpc) is 3.04. The number of hydrogen-bond acceptors (Lipinski definition) is 19. The number of hydrogen-bond donors (Lipinski definition) is 9. The molecule has 0 radical (unpaired) electrons. The summed E-state index contributed by atoms with van der Waals surface area (Å²) in [5.41, 5.74) is -0.0412. The van der Waals surface area contributed by atoms with Crippen molar-refractivity contribution in [2.24, 2.45) is 10.2 Å². The summed E-state index contributed by atoms with van der Waals surface area (Å²) in [6.45, 7) is 0. The Labute approximate surface area is 325 Å². The van der Waals surface area contributed by atoms with Crippen LogP contribution < -0.4 is 16.0 Å². The number of likely N-dealkylation sites (N-methyl/N-ethyl adjacent to an activating group) is 1. The standard InChI is InChI=1S/C26H35ClN8O16S5/c1-28-15-5-7-17(53(40,41)42)13-10-20(56(49,50)51)22(23(36)21(13)15)35-34-16-8-11(2-6-18(16)54(43,44)45)29-25-31-24(27)32-26(33-25)30-14-4-3-12(52(37,38)39)9-19(14)55(46,47)48/h2,5,9,14,16-20,22-23,28,36H,3-4,6-8,10H2,1H3,(H,37,38,39)(H,40,41,42)(H,43,44,45)(H,46,47,48)(H,49,50,51)(H2,29,30,31,32,33). The minimum absolute atomic E-state index is 0.125. The molecule has 56 heavy (non-hydrogen) atoms. The van der Waals surface area contributed by atoms with E-state index in [9.17, 15) is 70.0 Å². The Balaban J connectivity index is 1.43. The zero-order valence-electron chi connectivity index (χ0n) is 28.5. The van der Waals surface area contributed by atoms with Gasteiger partial charge in [-0.05, 0) is 55.4 Å². The van der Waals surface area contributed by atoms with Gasteiger partial charge in [0, 0.05) is 30.4 Å². The molecular weight excluding hydrogens is 876 g/mol. The Bertz CT molecular complexity index is 2490. The molecule has 0 aromatic carbocycles. The number of aliphatic hydroxyl groups excluding tert-OH is 1. The van der Waals surface area contributed by atoms with E-state index in [-0.39, 0.29) is 53.7 Å². The maximum atomic E-state index is 12.6. The van der Waals surface area contributed by atoms with Crippen molar-refractivity contribution in [3.63, 3.8) is 0 Å². The van der Waals surface area contributed by atoms with Gasteiger partial charge in [-0.1, -0.05) is 12.2 Å². The molecule has 1 aromatic heterocycles. The quantitative estimate of drug-likeness (QED) is 0.0963. The molecule has 0 spiro atoms. The molecule has 0 saturated carbocycles. The minimum atomic E-state index is -5.12. The normalized spacial score (nSPS) is 29.5. The Morgan fingerprint density at radius 3 is 2.00 bits per heavy atom. The zero-order chi connectivity index (χ0) is 41.8. The molecular formula is C26H35ClN8O16S5. The summed E-state index contributed by atoms with van der Waals surface area (Å²) in [4.78, 5) is 11.2. The number of allylic oxidation sites excluding steroid dienone is 3. The van der Waals surface area contributed by atoms with Crippen molar-refractivity contribution in [2.45, 2.75) is 83.8 Å². The molecule has 312 valence electrons. The number of aromatic nitrogens is 3. The first-order valence-electron chi connectivity index (χ1n) is 16.0. The van der Waals surface area contributed by atoms with Crippen molar-refractivity contribution >= 4 is 74.1 Å². The molecule has 8 atom stereocenters.